The maximum Gasteiger partial charge on any atom is 0.0587 e. The van der Waals surface area contributed by atoms with Crippen LogP contribution >= 0.6 is 11.8 Å². The molecular formula is C17H26N2S. The number of hydrogen-bond acceptors (Lipinski definition) is 3. The Morgan fingerprint density at radius 2 is 2.25 bits per heavy atom. The second kappa shape index (κ2) is 6.08. The fraction of sp³-hybridized carbons (Fsp3) is 0.647. The van der Waals surface area contributed by atoms with Crippen LogP contribution in [0.1, 0.15) is 37.3 Å². The molecule has 2 N–H and O–H groups in total. The van der Waals surface area contributed by atoms with E-state index in [0.717, 1.165) is 11.8 Å². The van der Waals surface area contributed by atoms with Crippen molar-refractivity contribution in [3.05, 3.63) is 35.4 Å². The fourth-order valence-electron chi connectivity index (χ4n) is 3.92. The monoisotopic (exact) mass is 290 g/mol. The summed E-state index contributed by atoms with van der Waals surface area (Å²) in [5.74, 6) is 1.25. The van der Waals surface area contributed by atoms with E-state index in [4.69, 9.17) is 5.73 Å². The SMILES string of the molecule is CCC1CN(C2(CN)CCCc3ccccc32)CCS1. The number of thioether (sulfide) groups is 1. The molecule has 2 atom stereocenters. The molecular weight excluding hydrogens is 264 g/mol. The van der Waals surface area contributed by atoms with Gasteiger partial charge < -0.3 is 5.73 Å². The van der Waals surface area contributed by atoms with Crippen LogP contribution in [0.25, 0.3) is 0 Å². The van der Waals surface area contributed by atoms with Crippen LogP contribution in [-0.2, 0) is 12.0 Å². The molecule has 1 aromatic rings. The van der Waals surface area contributed by atoms with Crippen LogP contribution in [0.2, 0.25) is 0 Å². The topological polar surface area (TPSA) is 29.3 Å². The molecule has 0 amide bonds. The Bertz CT molecular complexity index is 462. The minimum absolute atomic E-state index is 0.100. The van der Waals surface area contributed by atoms with Gasteiger partial charge in [0.25, 0.3) is 0 Å². The van der Waals surface area contributed by atoms with E-state index < -0.39 is 0 Å². The molecule has 1 aromatic carbocycles. The van der Waals surface area contributed by atoms with Crippen LogP contribution in [0.5, 0.6) is 0 Å². The lowest BCUT2D eigenvalue weighted by Gasteiger charge is -2.50. The van der Waals surface area contributed by atoms with Gasteiger partial charge in [0.15, 0.2) is 0 Å². The van der Waals surface area contributed by atoms with Crippen molar-refractivity contribution in [1.82, 2.24) is 4.90 Å². The van der Waals surface area contributed by atoms with Crippen molar-refractivity contribution >= 4 is 11.8 Å². The maximum absolute atomic E-state index is 6.32. The molecule has 0 bridgehead atoms. The Morgan fingerprint density at radius 3 is 3.05 bits per heavy atom. The number of rotatable bonds is 3. The van der Waals surface area contributed by atoms with Gasteiger partial charge in [-0.05, 0) is 36.8 Å². The molecule has 0 radical (unpaired) electrons. The summed E-state index contributed by atoms with van der Waals surface area (Å²) in [6.07, 6.45) is 4.98. The third kappa shape index (κ3) is 2.40. The predicted octanol–water partition coefficient (Wildman–Crippen LogP) is 3.00. The fourth-order valence-corrected chi connectivity index (χ4v) is 5.10. The number of hydrogen-bond donors (Lipinski definition) is 1. The third-order valence-corrected chi connectivity index (χ3v) is 6.46. The molecule has 1 heterocycles. The largest absolute Gasteiger partial charge is 0.328 e. The Morgan fingerprint density at radius 1 is 1.40 bits per heavy atom. The number of fused-ring (bicyclic) bond motifs is 1. The van der Waals surface area contributed by atoms with Gasteiger partial charge in [0.05, 0.1) is 5.54 Å². The summed E-state index contributed by atoms with van der Waals surface area (Å²) in [7, 11) is 0. The highest BCUT2D eigenvalue weighted by atomic mass is 32.2. The molecule has 20 heavy (non-hydrogen) atoms. The van der Waals surface area contributed by atoms with E-state index in [9.17, 15) is 0 Å². The number of nitrogens with zero attached hydrogens (tertiary/aromatic N) is 1. The summed E-state index contributed by atoms with van der Waals surface area (Å²) in [6, 6.07) is 8.98. The van der Waals surface area contributed by atoms with E-state index in [1.807, 2.05) is 0 Å². The highest BCUT2D eigenvalue weighted by Gasteiger charge is 2.42. The van der Waals surface area contributed by atoms with Crippen LogP contribution in [-0.4, -0.2) is 35.5 Å². The minimum atomic E-state index is 0.100. The van der Waals surface area contributed by atoms with Crippen LogP contribution in [0.3, 0.4) is 0 Å². The normalized spacial score (nSPS) is 31.0. The Labute approximate surface area is 127 Å². The second-order valence-corrected chi connectivity index (χ2v) is 7.50. The average molecular weight is 290 g/mol. The lowest BCUT2D eigenvalue weighted by atomic mass is 9.75. The Balaban J connectivity index is 1.95. The van der Waals surface area contributed by atoms with Crippen LogP contribution < -0.4 is 5.73 Å². The highest BCUT2D eigenvalue weighted by Crippen LogP contribution is 2.41. The molecule has 2 unspecified atom stereocenters. The van der Waals surface area contributed by atoms with Gasteiger partial charge in [-0.3, -0.25) is 4.90 Å². The molecule has 0 spiro atoms. The summed E-state index contributed by atoms with van der Waals surface area (Å²) in [5, 5.41) is 0.779. The molecule has 2 nitrogen and oxygen atoms in total. The molecule has 3 rings (SSSR count). The Hall–Kier alpha value is -0.510. The van der Waals surface area contributed by atoms with Crippen molar-refractivity contribution in [3.8, 4) is 0 Å². The molecule has 1 fully saturated rings. The average Bonchev–Trinajstić information content (AvgIpc) is 2.54. The summed E-state index contributed by atoms with van der Waals surface area (Å²) in [4.78, 5) is 2.70. The summed E-state index contributed by atoms with van der Waals surface area (Å²) in [6.45, 7) is 5.45. The minimum Gasteiger partial charge on any atom is -0.328 e. The van der Waals surface area contributed by atoms with Crippen LogP contribution in [0.15, 0.2) is 24.3 Å². The summed E-state index contributed by atoms with van der Waals surface area (Å²) in [5.41, 5.74) is 9.46. The molecule has 0 saturated carbocycles. The quantitative estimate of drug-likeness (QED) is 0.928. The molecule has 1 aliphatic carbocycles. The van der Waals surface area contributed by atoms with Gasteiger partial charge in [0.1, 0.15) is 0 Å². The van der Waals surface area contributed by atoms with Crippen molar-refractivity contribution in [2.24, 2.45) is 5.73 Å². The van der Waals surface area contributed by atoms with Crippen molar-refractivity contribution in [2.75, 3.05) is 25.4 Å². The number of benzene rings is 1. The first-order valence-electron chi connectivity index (χ1n) is 7.95. The summed E-state index contributed by atoms with van der Waals surface area (Å²) >= 11 is 2.14. The van der Waals surface area contributed by atoms with Gasteiger partial charge in [-0.1, -0.05) is 31.2 Å². The first-order valence-corrected chi connectivity index (χ1v) is 9.00. The predicted molar refractivity (Wildman–Crippen MR) is 88.2 cm³/mol. The van der Waals surface area contributed by atoms with E-state index in [1.54, 1.807) is 0 Å². The van der Waals surface area contributed by atoms with E-state index in [1.165, 1.54) is 55.7 Å². The third-order valence-electron chi connectivity index (χ3n) is 5.09. The van der Waals surface area contributed by atoms with Gasteiger partial charge in [-0.15, -0.1) is 0 Å². The van der Waals surface area contributed by atoms with Crippen molar-refractivity contribution < 1.29 is 0 Å². The molecule has 1 saturated heterocycles. The van der Waals surface area contributed by atoms with Gasteiger partial charge in [-0.2, -0.15) is 11.8 Å². The zero-order valence-corrected chi connectivity index (χ0v) is 13.3. The molecule has 110 valence electrons. The number of aryl methyl sites for hydroxylation is 1. The zero-order chi connectivity index (χ0) is 14.0. The molecule has 0 aromatic heterocycles. The molecule has 3 heteroatoms. The van der Waals surface area contributed by atoms with Gasteiger partial charge in [0.2, 0.25) is 0 Å². The lowest BCUT2D eigenvalue weighted by Crippen LogP contribution is -2.57. The van der Waals surface area contributed by atoms with Gasteiger partial charge >= 0.3 is 0 Å². The van der Waals surface area contributed by atoms with Crippen molar-refractivity contribution in [3.63, 3.8) is 0 Å². The van der Waals surface area contributed by atoms with Crippen LogP contribution in [0.4, 0.5) is 0 Å². The molecule has 2 aliphatic rings. The summed E-state index contributed by atoms with van der Waals surface area (Å²) < 4.78 is 0. The van der Waals surface area contributed by atoms with E-state index in [2.05, 4.69) is 47.9 Å². The smallest absolute Gasteiger partial charge is 0.0587 e. The van der Waals surface area contributed by atoms with Gasteiger partial charge in [0, 0.05) is 30.6 Å². The van der Waals surface area contributed by atoms with Crippen molar-refractivity contribution in [1.29, 1.82) is 0 Å². The number of nitrogens with two attached hydrogens (primary N) is 1. The lowest BCUT2D eigenvalue weighted by molar-refractivity contribution is 0.0772. The first kappa shape index (κ1) is 14.4. The van der Waals surface area contributed by atoms with Crippen LogP contribution in [0, 0.1) is 0 Å². The van der Waals surface area contributed by atoms with E-state index >= 15 is 0 Å². The van der Waals surface area contributed by atoms with E-state index in [-0.39, 0.29) is 5.54 Å². The standard InChI is InChI=1S/C17H26N2S/c1-2-15-12-19(10-11-20-15)17(13-18)9-5-7-14-6-3-4-8-16(14)17/h3-4,6,8,15H,2,5,7,9-13,18H2,1H3. The van der Waals surface area contributed by atoms with Crippen molar-refractivity contribution in [2.45, 2.75) is 43.4 Å². The Kier molecular flexibility index (Phi) is 4.39. The second-order valence-electron chi connectivity index (χ2n) is 6.09. The van der Waals surface area contributed by atoms with E-state index in [0.29, 0.717) is 0 Å². The maximum atomic E-state index is 6.32. The highest BCUT2D eigenvalue weighted by molar-refractivity contribution is 8.00. The van der Waals surface area contributed by atoms with Gasteiger partial charge in [-0.25, -0.2) is 0 Å². The first-order chi connectivity index (χ1) is 9.80. The zero-order valence-electron chi connectivity index (χ0n) is 12.5. The molecule has 1 aliphatic heterocycles.